The first kappa shape index (κ1) is 16.0. The molecular formula is C14H24N4O2S. The van der Waals surface area contributed by atoms with Gasteiger partial charge in [0, 0.05) is 26.2 Å². The summed E-state index contributed by atoms with van der Waals surface area (Å²) in [6, 6.07) is 3.66. The van der Waals surface area contributed by atoms with Crippen molar-refractivity contribution in [3.63, 3.8) is 0 Å². The molecule has 1 aromatic heterocycles. The number of sulfonamides is 1. The Labute approximate surface area is 127 Å². The molecule has 0 aromatic carbocycles. The van der Waals surface area contributed by atoms with Crippen LogP contribution in [-0.2, 0) is 10.0 Å². The lowest BCUT2D eigenvalue weighted by Crippen LogP contribution is -2.46. The molecule has 0 amide bonds. The standard InChI is InChI=1S/C14H24N4O2S/c1-3-11-21(19,20)16-14-6-5-13(12-15-14)18-9-7-17(4-2)8-10-18/h5-6,12H,3-4,7-11H2,1-2H3,(H,15,16). The largest absolute Gasteiger partial charge is 0.368 e. The van der Waals surface area contributed by atoms with E-state index >= 15 is 0 Å². The summed E-state index contributed by atoms with van der Waals surface area (Å²) in [6.45, 7) is 9.18. The third-order valence-corrected chi connectivity index (χ3v) is 5.13. The van der Waals surface area contributed by atoms with Crippen molar-refractivity contribution in [3.8, 4) is 0 Å². The summed E-state index contributed by atoms with van der Waals surface area (Å²) in [4.78, 5) is 8.91. The van der Waals surface area contributed by atoms with E-state index in [1.54, 1.807) is 12.3 Å². The molecule has 118 valence electrons. The first-order valence-electron chi connectivity index (χ1n) is 7.48. The van der Waals surface area contributed by atoms with Crippen LogP contribution in [0.2, 0.25) is 0 Å². The number of aromatic nitrogens is 1. The van der Waals surface area contributed by atoms with Crippen LogP contribution in [-0.4, -0.2) is 56.8 Å². The highest BCUT2D eigenvalue weighted by atomic mass is 32.2. The van der Waals surface area contributed by atoms with Crippen LogP contribution in [0.5, 0.6) is 0 Å². The van der Waals surface area contributed by atoms with Crippen LogP contribution < -0.4 is 9.62 Å². The van der Waals surface area contributed by atoms with Crippen LogP contribution in [0.1, 0.15) is 20.3 Å². The summed E-state index contributed by atoms with van der Waals surface area (Å²) in [5.41, 5.74) is 1.05. The quantitative estimate of drug-likeness (QED) is 0.859. The van der Waals surface area contributed by atoms with Crippen molar-refractivity contribution in [1.29, 1.82) is 0 Å². The number of nitrogens with zero attached hydrogens (tertiary/aromatic N) is 3. The molecule has 0 saturated carbocycles. The maximum absolute atomic E-state index is 11.7. The molecule has 0 atom stereocenters. The third-order valence-electron chi connectivity index (χ3n) is 3.67. The number of anilines is 2. The van der Waals surface area contributed by atoms with Crippen molar-refractivity contribution in [1.82, 2.24) is 9.88 Å². The fraction of sp³-hybridized carbons (Fsp3) is 0.643. The van der Waals surface area contributed by atoms with Crippen LogP contribution in [0.15, 0.2) is 18.3 Å². The summed E-state index contributed by atoms with van der Waals surface area (Å²) < 4.78 is 25.9. The number of nitrogens with one attached hydrogen (secondary N) is 1. The van der Waals surface area contributed by atoms with E-state index in [4.69, 9.17) is 0 Å². The molecule has 2 rings (SSSR count). The van der Waals surface area contributed by atoms with Gasteiger partial charge in [0.05, 0.1) is 17.6 Å². The van der Waals surface area contributed by atoms with E-state index in [2.05, 4.69) is 26.4 Å². The molecule has 1 N–H and O–H groups in total. The molecule has 0 bridgehead atoms. The highest BCUT2D eigenvalue weighted by molar-refractivity contribution is 7.92. The lowest BCUT2D eigenvalue weighted by atomic mass is 10.3. The smallest absolute Gasteiger partial charge is 0.233 e. The predicted octanol–water partition coefficient (Wildman–Crippen LogP) is 1.38. The van der Waals surface area contributed by atoms with Gasteiger partial charge in [-0.15, -0.1) is 0 Å². The summed E-state index contributed by atoms with van der Waals surface area (Å²) in [6.07, 6.45) is 2.33. The maximum atomic E-state index is 11.7. The van der Waals surface area contributed by atoms with Crippen molar-refractivity contribution in [2.24, 2.45) is 0 Å². The minimum absolute atomic E-state index is 0.120. The van der Waals surface area contributed by atoms with Gasteiger partial charge in [0.1, 0.15) is 5.82 Å². The molecule has 7 heteroatoms. The molecular weight excluding hydrogens is 288 g/mol. The zero-order valence-corrected chi connectivity index (χ0v) is 13.6. The Hall–Kier alpha value is -1.34. The van der Waals surface area contributed by atoms with Gasteiger partial charge in [-0.1, -0.05) is 13.8 Å². The molecule has 0 unspecified atom stereocenters. The average Bonchev–Trinajstić information content (AvgIpc) is 2.48. The first-order valence-corrected chi connectivity index (χ1v) is 9.13. The summed E-state index contributed by atoms with van der Waals surface area (Å²) >= 11 is 0. The van der Waals surface area contributed by atoms with Gasteiger partial charge in [0.15, 0.2) is 0 Å². The van der Waals surface area contributed by atoms with Crippen LogP contribution in [0.4, 0.5) is 11.5 Å². The molecule has 21 heavy (non-hydrogen) atoms. The Morgan fingerprint density at radius 3 is 2.43 bits per heavy atom. The number of likely N-dealkylation sites (N-methyl/N-ethyl adjacent to an activating group) is 1. The first-order chi connectivity index (χ1) is 10.0. The monoisotopic (exact) mass is 312 g/mol. The molecule has 1 fully saturated rings. The SMILES string of the molecule is CCCS(=O)(=O)Nc1ccc(N2CCN(CC)CC2)cn1. The Kier molecular flexibility index (Phi) is 5.41. The second kappa shape index (κ2) is 7.09. The lowest BCUT2D eigenvalue weighted by molar-refractivity contribution is 0.271. The third kappa shape index (κ3) is 4.57. The van der Waals surface area contributed by atoms with Crippen LogP contribution in [0.25, 0.3) is 0 Å². The van der Waals surface area contributed by atoms with Gasteiger partial charge in [-0.25, -0.2) is 13.4 Å². The summed E-state index contributed by atoms with van der Waals surface area (Å²) in [7, 11) is -3.27. The number of pyridine rings is 1. The number of rotatable bonds is 6. The van der Waals surface area contributed by atoms with E-state index < -0.39 is 10.0 Å². The van der Waals surface area contributed by atoms with Gasteiger partial charge < -0.3 is 9.80 Å². The molecule has 6 nitrogen and oxygen atoms in total. The molecule has 0 aliphatic carbocycles. The van der Waals surface area contributed by atoms with Gasteiger partial charge >= 0.3 is 0 Å². The Morgan fingerprint density at radius 2 is 1.90 bits per heavy atom. The van der Waals surface area contributed by atoms with Crippen LogP contribution in [0, 0.1) is 0 Å². The Bertz CT molecular complexity index is 537. The minimum atomic E-state index is -3.27. The number of hydrogen-bond acceptors (Lipinski definition) is 5. The van der Waals surface area contributed by atoms with E-state index in [1.807, 2.05) is 13.0 Å². The van der Waals surface area contributed by atoms with E-state index in [0.29, 0.717) is 12.2 Å². The molecule has 1 saturated heterocycles. The molecule has 1 aliphatic heterocycles. The lowest BCUT2D eigenvalue weighted by Gasteiger charge is -2.35. The highest BCUT2D eigenvalue weighted by Crippen LogP contribution is 2.17. The zero-order valence-electron chi connectivity index (χ0n) is 12.7. The summed E-state index contributed by atoms with van der Waals surface area (Å²) in [5, 5.41) is 0. The average molecular weight is 312 g/mol. The van der Waals surface area contributed by atoms with E-state index in [0.717, 1.165) is 38.4 Å². The van der Waals surface area contributed by atoms with Crippen molar-refractivity contribution in [2.75, 3.05) is 48.1 Å². The van der Waals surface area contributed by atoms with E-state index in [-0.39, 0.29) is 5.75 Å². The van der Waals surface area contributed by atoms with Gasteiger partial charge in [-0.05, 0) is 25.1 Å². The van der Waals surface area contributed by atoms with Gasteiger partial charge in [-0.3, -0.25) is 4.72 Å². The topological polar surface area (TPSA) is 65.5 Å². The molecule has 2 heterocycles. The Balaban J connectivity index is 1.96. The van der Waals surface area contributed by atoms with Gasteiger partial charge in [0.25, 0.3) is 0 Å². The van der Waals surface area contributed by atoms with Crippen molar-refractivity contribution >= 4 is 21.5 Å². The predicted molar refractivity (Wildman–Crippen MR) is 86.3 cm³/mol. The number of hydrogen-bond donors (Lipinski definition) is 1. The van der Waals surface area contributed by atoms with Crippen LogP contribution in [0.3, 0.4) is 0 Å². The molecule has 0 radical (unpaired) electrons. The fourth-order valence-corrected chi connectivity index (χ4v) is 3.51. The number of piperazine rings is 1. The highest BCUT2D eigenvalue weighted by Gasteiger charge is 2.16. The fourth-order valence-electron chi connectivity index (χ4n) is 2.43. The van der Waals surface area contributed by atoms with E-state index in [9.17, 15) is 8.42 Å². The van der Waals surface area contributed by atoms with Gasteiger partial charge in [0.2, 0.25) is 10.0 Å². The summed E-state index contributed by atoms with van der Waals surface area (Å²) in [5.74, 6) is 0.509. The van der Waals surface area contributed by atoms with E-state index in [1.165, 1.54) is 0 Å². The second-order valence-electron chi connectivity index (χ2n) is 5.24. The normalized spacial score (nSPS) is 17.0. The van der Waals surface area contributed by atoms with Gasteiger partial charge in [-0.2, -0.15) is 0 Å². The van der Waals surface area contributed by atoms with Crippen molar-refractivity contribution in [2.45, 2.75) is 20.3 Å². The van der Waals surface area contributed by atoms with Crippen molar-refractivity contribution < 1.29 is 8.42 Å². The van der Waals surface area contributed by atoms with Crippen molar-refractivity contribution in [3.05, 3.63) is 18.3 Å². The zero-order chi connectivity index (χ0) is 15.3. The molecule has 1 aromatic rings. The Morgan fingerprint density at radius 1 is 1.19 bits per heavy atom. The second-order valence-corrected chi connectivity index (χ2v) is 7.09. The van der Waals surface area contributed by atoms with Crippen LogP contribution >= 0.6 is 0 Å². The molecule has 0 spiro atoms. The molecule has 1 aliphatic rings. The minimum Gasteiger partial charge on any atom is -0.368 e. The maximum Gasteiger partial charge on any atom is 0.233 e.